The van der Waals surface area contributed by atoms with Crippen molar-refractivity contribution in [1.82, 2.24) is 0 Å². The largest absolute Gasteiger partial charge is 0.490 e. The van der Waals surface area contributed by atoms with E-state index in [1.807, 2.05) is 0 Å². The van der Waals surface area contributed by atoms with Crippen LogP contribution in [0.5, 0.6) is 5.75 Å². The number of ether oxygens (including phenoxy) is 1. The Bertz CT molecular complexity index is 385. The Hall–Kier alpha value is -1.23. The van der Waals surface area contributed by atoms with Crippen molar-refractivity contribution in [3.63, 3.8) is 0 Å². The molecule has 88 valence electrons. The number of nitrogens with two attached hydrogens (primary N) is 1. The van der Waals surface area contributed by atoms with Gasteiger partial charge in [0.15, 0.2) is 0 Å². The van der Waals surface area contributed by atoms with Gasteiger partial charge in [-0.25, -0.2) is 0 Å². The number of benzene rings is 1. The third kappa shape index (κ3) is 2.47. The van der Waals surface area contributed by atoms with Gasteiger partial charge in [0.1, 0.15) is 5.75 Å². The molecule has 0 atom stereocenters. The maximum Gasteiger partial charge on any atom is 0.419 e. The first kappa shape index (κ1) is 11.3. The number of halogens is 3. The van der Waals surface area contributed by atoms with E-state index >= 15 is 0 Å². The smallest absolute Gasteiger partial charge is 0.419 e. The summed E-state index contributed by atoms with van der Waals surface area (Å²) in [6, 6.07) is 3.78. The van der Waals surface area contributed by atoms with Gasteiger partial charge in [-0.1, -0.05) is 6.07 Å². The van der Waals surface area contributed by atoms with E-state index in [-0.39, 0.29) is 18.4 Å². The summed E-state index contributed by atoms with van der Waals surface area (Å²) in [6.45, 7) is 0.208. The summed E-state index contributed by atoms with van der Waals surface area (Å²) in [5, 5.41) is 0. The molecule has 1 aromatic rings. The van der Waals surface area contributed by atoms with Crippen LogP contribution in [0.3, 0.4) is 0 Å². The van der Waals surface area contributed by atoms with Crippen molar-refractivity contribution in [2.75, 3.05) is 0 Å². The second-order valence-electron chi connectivity index (χ2n) is 3.85. The zero-order valence-electron chi connectivity index (χ0n) is 8.55. The summed E-state index contributed by atoms with van der Waals surface area (Å²) in [6.07, 6.45) is -2.79. The Balaban J connectivity index is 2.33. The van der Waals surface area contributed by atoms with Crippen molar-refractivity contribution in [3.05, 3.63) is 29.3 Å². The van der Waals surface area contributed by atoms with Crippen LogP contribution < -0.4 is 10.5 Å². The summed E-state index contributed by atoms with van der Waals surface area (Å²) < 4.78 is 43.2. The molecule has 2 N–H and O–H groups in total. The van der Waals surface area contributed by atoms with E-state index in [0.29, 0.717) is 5.56 Å². The second kappa shape index (κ2) is 3.97. The van der Waals surface area contributed by atoms with Crippen molar-refractivity contribution in [3.8, 4) is 5.75 Å². The molecule has 2 nitrogen and oxygen atoms in total. The van der Waals surface area contributed by atoms with Crippen LogP contribution in [0.25, 0.3) is 0 Å². The minimum Gasteiger partial charge on any atom is -0.490 e. The molecule has 0 amide bonds. The van der Waals surface area contributed by atoms with Crippen LogP contribution in [0.2, 0.25) is 0 Å². The lowest BCUT2D eigenvalue weighted by Crippen LogP contribution is -2.10. The zero-order chi connectivity index (χ0) is 11.8. The van der Waals surface area contributed by atoms with Gasteiger partial charge in [0.25, 0.3) is 0 Å². The molecule has 0 aliphatic heterocycles. The van der Waals surface area contributed by atoms with Gasteiger partial charge in [-0.05, 0) is 30.5 Å². The fourth-order valence-electron chi connectivity index (χ4n) is 1.39. The maximum atomic E-state index is 12.6. The van der Waals surface area contributed by atoms with Crippen LogP contribution in [0.1, 0.15) is 24.0 Å². The highest BCUT2D eigenvalue weighted by molar-refractivity contribution is 5.39. The summed E-state index contributed by atoms with van der Waals surface area (Å²) in [5.74, 6) is -0.0991. The van der Waals surface area contributed by atoms with Crippen LogP contribution in [-0.2, 0) is 12.7 Å². The fourth-order valence-corrected chi connectivity index (χ4v) is 1.39. The molecule has 1 aromatic carbocycles. The SMILES string of the molecule is NCc1ccc(C(F)(F)F)c(OC2CC2)c1. The minimum absolute atomic E-state index is 0.0610. The van der Waals surface area contributed by atoms with Gasteiger partial charge in [0.05, 0.1) is 11.7 Å². The van der Waals surface area contributed by atoms with E-state index in [1.165, 1.54) is 12.1 Å². The average Bonchev–Trinajstić information content (AvgIpc) is 3.00. The third-order valence-electron chi connectivity index (χ3n) is 2.41. The molecule has 0 spiro atoms. The van der Waals surface area contributed by atoms with Gasteiger partial charge in [0.2, 0.25) is 0 Å². The molecule has 1 aliphatic rings. The number of alkyl halides is 3. The molecular weight excluding hydrogens is 219 g/mol. The van der Waals surface area contributed by atoms with Gasteiger partial charge >= 0.3 is 6.18 Å². The Morgan fingerprint density at radius 3 is 2.50 bits per heavy atom. The van der Waals surface area contributed by atoms with Crippen LogP contribution in [-0.4, -0.2) is 6.10 Å². The van der Waals surface area contributed by atoms with E-state index in [1.54, 1.807) is 0 Å². The van der Waals surface area contributed by atoms with Crippen LogP contribution >= 0.6 is 0 Å². The minimum atomic E-state index is -4.38. The highest BCUT2D eigenvalue weighted by atomic mass is 19.4. The lowest BCUT2D eigenvalue weighted by molar-refractivity contribution is -0.139. The maximum absolute atomic E-state index is 12.6. The van der Waals surface area contributed by atoms with Gasteiger partial charge in [-0.15, -0.1) is 0 Å². The molecule has 0 saturated heterocycles. The quantitative estimate of drug-likeness (QED) is 0.868. The molecule has 0 unspecified atom stereocenters. The normalized spacial score (nSPS) is 16.2. The highest BCUT2D eigenvalue weighted by Crippen LogP contribution is 2.39. The fraction of sp³-hybridized carbons (Fsp3) is 0.455. The molecule has 0 heterocycles. The van der Waals surface area contributed by atoms with Gasteiger partial charge in [-0.2, -0.15) is 13.2 Å². The summed E-state index contributed by atoms with van der Waals surface area (Å²) >= 11 is 0. The molecule has 1 saturated carbocycles. The van der Waals surface area contributed by atoms with E-state index < -0.39 is 11.7 Å². The molecule has 0 radical (unpaired) electrons. The van der Waals surface area contributed by atoms with E-state index in [0.717, 1.165) is 18.9 Å². The molecular formula is C11H12F3NO. The number of hydrogen-bond acceptors (Lipinski definition) is 2. The van der Waals surface area contributed by atoms with Crippen molar-refractivity contribution in [2.45, 2.75) is 31.7 Å². The second-order valence-corrected chi connectivity index (χ2v) is 3.85. The number of hydrogen-bond donors (Lipinski definition) is 1. The molecule has 2 rings (SSSR count). The first-order valence-corrected chi connectivity index (χ1v) is 5.07. The predicted molar refractivity (Wildman–Crippen MR) is 53.0 cm³/mol. The monoisotopic (exact) mass is 231 g/mol. The molecule has 5 heteroatoms. The average molecular weight is 231 g/mol. The Morgan fingerprint density at radius 2 is 2.00 bits per heavy atom. The van der Waals surface area contributed by atoms with E-state index in [9.17, 15) is 13.2 Å². The molecule has 0 bridgehead atoms. The van der Waals surface area contributed by atoms with Gasteiger partial charge in [-0.3, -0.25) is 0 Å². The van der Waals surface area contributed by atoms with Crippen molar-refractivity contribution in [1.29, 1.82) is 0 Å². The predicted octanol–water partition coefficient (Wildman–Crippen LogP) is 2.71. The summed E-state index contributed by atoms with van der Waals surface area (Å²) in [7, 11) is 0. The van der Waals surface area contributed by atoms with Crippen LogP contribution in [0, 0.1) is 0 Å². The molecule has 0 aromatic heterocycles. The number of rotatable bonds is 3. The highest BCUT2D eigenvalue weighted by Gasteiger charge is 2.36. The van der Waals surface area contributed by atoms with Gasteiger partial charge < -0.3 is 10.5 Å². The topological polar surface area (TPSA) is 35.2 Å². The Labute approximate surface area is 91.2 Å². The molecule has 1 aliphatic carbocycles. The molecule has 1 fully saturated rings. The third-order valence-corrected chi connectivity index (χ3v) is 2.41. The standard InChI is InChI=1S/C11H12F3NO/c12-11(13,14)9-4-1-7(6-15)5-10(9)16-8-2-3-8/h1,4-5,8H,2-3,6,15H2. The van der Waals surface area contributed by atoms with Crippen LogP contribution in [0.4, 0.5) is 13.2 Å². The molecule has 16 heavy (non-hydrogen) atoms. The van der Waals surface area contributed by atoms with E-state index in [4.69, 9.17) is 10.5 Å². The van der Waals surface area contributed by atoms with Crippen molar-refractivity contribution in [2.24, 2.45) is 5.73 Å². The van der Waals surface area contributed by atoms with Crippen LogP contribution in [0.15, 0.2) is 18.2 Å². The first-order chi connectivity index (χ1) is 7.50. The Kier molecular flexibility index (Phi) is 2.80. The summed E-state index contributed by atoms with van der Waals surface area (Å²) in [5.41, 5.74) is 5.30. The first-order valence-electron chi connectivity index (χ1n) is 5.07. The zero-order valence-corrected chi connectivity index (χ0v) is 8.55. The summed E-state index contributed by atoms with van der Waals surface area (Å²) in [4.78, 5) is 0. The van der Waals surface area contributed by atoms with Crippen molar-refractivity contribution >= 4 is 0 Å². The lowest BCUT2D eigenvalue weighted by atomic mass is 10.1. The lowest BCUT2D eigenvalue weighted by Gasteiger charge is -2.14. The van der Waals surface area contributed by atoms with Gasteiger partial charge in [0, 0.05) is 6.54 Å². The Morgan fingerprint density at radius 1 is 1.31 bits per heavy atom. The van der Waals surface area contributed by atoms with Crippen molar-refractivity contribution < 1.29 is 17.9 Å². The van der Waals surface area contributed by atoms with E-state index in [2.05, 4.69) is 0 Å².